The van der Waals surface area contributed by atoms with E-state index in [-0.39, 0.29) is 5.56 Å². The molecule has 1 fully saturated rings. The average molecular weight is 337 g/mol. The number of H-pyrrole nitrogens is 1. The first kappa shape index (κ1) is 15.1. The summed E-state index contributed by atoms with van der Waals surface area (Å²) in [6, 6.07) is 15.9. The zero-order valence-electron chi connectivity index (χ0n) is 13.4. The quantitative estimate of drug-likeness (QED) is 0.741. The third-order valence-electron chi connectivity index (χ3n) is 4.64. The second kappa shape index (κ2) is 6.24. The van der Waals surface area contributed by atoms with Crippen molar-refractivity contribution in [2.45, 2.75) is 19.4 Å². The van der Waals surface area contributed by atoms with Gasteiger partial charge in [-0.3, -0.25) is 9.36 Å². The Morgan fingerprint density at radius 2 is 1.71 bits per heavy atom. The van der Waals surface area contributed by atoms with Crippen LogP contribution >= 0.6 is 12.2 Å². The number of fused-ring (bicyclic) bond motifs is 1. The predicted molar refractivity (Wildman–Crippen MR) is 100 cm³/mol. The maximum atomic E-state index is 12.7. The third kappa shape index (κ3) is 2.76. The van der Waals surface area contributed by atoms with Crippen molar-refractivity contribution in [3.8, 4) is 0 Å². The molecule has 24 heavy (non-hydrogen) atoms. The Morgan fingerprint density at radius 3 is 2.46 bits per heavy atom. The van der Waals surface area contributed by atoms with Crippen molar-refractivity contribution >= 4 is 28.8 Å². The van der Waals surface area contributed by atoms with Crippen LogP contribution in [-0.4, -0.2) is 22.6 Å². The number of para-hydroxylation sites is 1. The van der Waals surface area contributed by atoms with Crippen LogP contribution in [0.1, 0.15) is 18.4 Å². The molecular weight excluding hydrogens is 318 g/mol. The molecule has 1 saturated heterocycles. The van der Waals surface area contributed by atoms with Crippen molar-refractivity contribution in [3.63, 3.8) is 0 Å². The van der Waals surface area contributed by atoms with Gasteiger partial charge in [0.1, 0.15) is 0 Å². The van der Waals surface area contributed by atoms with Gasteiger partial charge in [0.2, 0.25) is 0 Å². The molecule has 1 aliphatic rings. The van der Waals surface area contributed by atoms with E-state index in [1.54, 1.807) is 4.57 Å². The van der Waals surface area contributed by atoms with Crippen LogP contribution in [0.4, 0.5) is 5.69 Å². The van der Waals surface area contributed by atoms with Gasteiger partial charge in [-0.25, -0.2) is 0 Å². The van der Waals surface area contributed by atoms with E-state index in [1.165, 1.54) is 18.5 Å². The molecule has 1 aliphatic heterocycles. The summed E-state index contributed by atoms with van der Waals surface area (Å²) in [5.74, 6) is 0. The van der Waals surface area contributed by atoms with E-state index in [0.29, 0.717) is 16.7 Å². The molecule has 2 heterocycles. The summed E-state index contributed by atoms with van der Waals surface area (Å²) in [6.07, 6.45) is 2.53. The lowest BCUT2D eigenvalue weighted by Crippen LogP contribution is -2.23. The average Bonchev–Trinajstić information content (AvgIpc) is 3.14. The topological polar surface area (TPSA) is 41.0 Å². The van der Waals surface area contributed by atoms with E-state index < -0.39 is 0 Å². The Labute approximate surface area is 145 Å². The Kier molecular flexibility index (Phi) is 3.94. The van der Waals surface area contributed by atoms with Gasteiger partial charge >= 0.3 is 0 Å². The molecule has 0 unspecified atom stereocenters. The molecule has 1 N–H and O–H groups in total. The van der Waals surface area contributed by atoms with Crippen LogP contribution in [0.2, 0.25) is 0 Å². The molecule has 0 aliphatic carbocycles. The maximum Gasteiger partial charge on any atom is 0.262 e. The fourth-order valence-corrected chi connectivity index (χ4v) is 3.57. The number of aromatic amines is 1. The van der Waals surface area contributed by atoms with E-state index in [9.17, 15) is 4.79 Å². The third-order valence-corrected chi connectivity index (χ3v) is 4.96. The summed E-state index contributed by atoms with van der Waals surface area (Å²) < 4.78 is 2.09. The van der Waals surface area contributed by atoms with Crippen LogP contribution < -0.4 is 10.5 Å². The lowest BCUT2D eigenvalue weighted by molar-refractivity contribution is 0.734. The molecule has 3 aromatic rings. The molecule has 5 heteroatoms. The fraction of sp³-hybridized carbons (Fsp3) is 0.263. The number of anilines is 1. The minimum Gasteiger partial charge on any atom is -0.372 e. The van der Waals surface area contributed by atoms with Gasteiger partial charge in [-0.2, -0.15) is 0 Å². The van der Waals surface area contributed by atoms with Crippen LogP contribution in [0.5, 0.6) is 0 Å². The Balaban J connectivity index is 1.67. The van der Waals surface area contributed by atoms with Crippen molar-refractivity contribution in [1.29, 1.82) is 0 Å². The maximum absolute atomic E-state index is 12.7. The monoisotopic (exact) mass is 337 g/mol. The van der Waals surface area contributed by atoms with Crippen LogP contribution in [0.25, 0.3) is 10.9 Å². The summed E-state index contributed by atoms with van der Waals surface area (Å²) >= 11 is 5.38. The minimum atomic E-state index is -0.0435. The number of rotatable bonds is 3. The minimum absolute atomic E-state index is 0.0435. The molecule has 122 valence electrons. The second-order valence-corrected chi connectivity index (χ2v) is 6.61. The number of nitrogens with zero attached hydrogens (tertiary/aromatic N) is 2. The molecule has 2 aromatic carbocycles. The second-order valence-electron chi connectivity index (χ2n) is 6.23. The number of aromatic nitrogens is 2. The summed E-state index contributed by atoms with van der Waals surface area (Å²) in [4.78, 5) is 18.2. The van der Waals surface area contributed by atoms with Crippen molar-refractivity contribution in [1.82, 2.24) is 9.55 Å². The standard InChI is InChI=1S/C19H19N3OS/c23-18-16-5-1-2-6-17(16)20-19(24)22(18)13-14-7-9-15(10-8-14)21-11-3-4-12-21/h1-2,5-10H,3-4,11-13H2,(H,20,24). The van der Waals surface area contributed by atoms with Crippen molar-refractivity contribution in [2.75, 3.05) is 18.0 Å². The van der Waals surface area contributed by atoms with Crippen LogP contribution in [-0.2, 0) is 6.54 Å². The van der Waals surface area contributed by atoms with Gasteiger partial charge in [0.05, 0.1) is 17.4 Å². The highest BCUT2D eigenvalue weighted by Gasteiger charge is 2.12. The van der Waals surface area contributed by atoms with Crippen LogP contribution in [0.3, 0.4) is 0 Å². The number of benzene rings is 2. The highest BCUT2D eigenvalue weighted by molar-refractivity contribution is 7.71. The van der Waals surface area contributed by atoms with Gasteiger partial charge in [0.25, 0.3) is 5.56 Å². The van der Waals surface area contributed by atoms with Crippen molar-refractivity contribution in [3.05, 3.63) is 69.2 Å². The summed E-state index contributed by atoms with van der Waals surface area (Å²) in [7, 11) is 0. The Morgan fingerprint density at radius 1 is 1.00 bits per heavy atom. The zero-order valence-corrected chi connectivity index (χ0v) is 14.2. The molecule has 0 amide bonds. The lowest BCUT2D eigenvalue weighted by atomic mass is 10.2. The molecule has 1 aromatic heterocycles. The molecule has 0 radical (unpaired) electrons. The van der Waals surface area contributed by atoms with Gasteiger partial charge in [0, 0.05) is 18.8 Å². The van der Waals surface area contributed by atoms with Gasteiger partial charge in [0.15, 0.2) is 4.77 Å². The summed E-state index contributed by atoms with van der Waals surface area (Å²) in [5, 5.41) is 0.666. The lowest BCUT2D eigenvalue weighted by Gasteiger charge is -2.18. The molecule has 4 nitrogen and oxygen atoms in total. The first-order chi connectivity index (χ1) is 11.7. The van der Waals surface area contributed by atoms with E-state index >= 15 is 0 Å². The molecule has 0 bridgehead atoms. The highest BCUT2D eigenvalue weighted by atomic mass is 32.1. The largest absolute Gasteiger partial charge is 0.372 e. The molecule has 0 saturated carbocycles. The zero-order chi connectivity index (χ0) is 16.5. The SMILES string of the molecule is O=c1c2ccccc2[nH]c(=S)n1Cc1ccc(N2CCCC2)cc1. The first-order valence-electron chi connectivity index (χ1n) is 8.28. The normalized spacial score (nSPS) is 14.4. The summed E-state index contributed by atoms with van der Waals surface area (Å²) in [6.45, 7) is 2.75. The van der Waals surface area contributed by atoms with Gasteiger partial charge < -0.3 is 9.88 Å². The van der Waals surface area contributed by atoms with Gasteiger partial charge in [-0.15, -0.1) is 0 Å². The first-order valence-corrected chi connectivity index (χ1v) is 8.69. The number of hydrogen-bond acceptors (Lipinski definition) is 3. The van der Waals surface area contributed by atoms with E-state index in [4.69, 9.17) is 12.2 Å². The molecule has 0 atom stereocenters. The molecule has 0 spiro atoms. The van der Waals surface area contributed by atoms with Gasteiger partial charge in [-0.05, 0) is 54.9 Å². The Bertz CT molecular complexity index is 982. The van der Waals surface area contributed by atoms with Crippen molar-refractivity contribution < 1.29 is 0 Å². The summed E-state index contributed by atoms with van der Waals surface area (Å²) in [5.41, 5.74) is 3.08. The number of nitrogens with one attached hydrogen (secondary N) is 1. The Hall–Kier alpha value is -2.40. The van der Waals surface area contributed by atoms with Gasteiger partial charge in [-0.1, -0.05) is 24.3 Å². The smallest absolute Gasteiger partial charge is 0.262 e. The van der Waals surface area contributed by atoms with Crippen molar-refractivity contribution in [2.24, 2.45) is 0 Å². The molecular formula is C19H19N3OS. The molecule has 4 rings (SSSR count). The van der Waals surface area contributed by atoms with E-state index in [0.717, 1.165) is 24.2 Å². The fourth-order valence-electron chi connectivity index (χ4n) is 3.31. The number of hydrogen-bond donors (Lipinski definition) is 1. The van der Waals surface area contributed by atoms with Crippen LogP contribution in [0.15, 0.2) is 53.3 Å². The van der Waals surface area contributed by atoms with E-state index in [2.05, 4.69) is 34.1 Å². The highest BCUT2D eigenvalue weighted by Crippen LogP contribution is 2.20. The van der Waals surface area contributed by atoms with E-state index in [1.807, 2.05) is 24.3 Å². The van der Waals surface area contributed by atoms with Crippen LogP contribution in [0, 0.1) is 4.77 Å². The predicted octanol–water partition coefficient (Wildman–Crippen LogP) is 3.71.